The van der Waals surface area contributed by atoms with Gasteiger partial charge in [0.15, 0.2) is 0 Å². The molecule has 1 heterocycles. The van der Waals surface area contributed by atoms with Crippen LogP contribution in [0.15, 0.2) is 11.6 Å². The van der Waals surface area contributed by atoms with Gasteiger partial charge < -0.3 is 5.32 Å². The van der Waals surface area contributed by atoms with Crippen molar-refractivity contribution in [1.82, 2.24) is 5.32 Å². The van der Waals surface area contributed by atoms with Gasteiger partial charge in [-0.1, -0.05) is 32.4 Å². The quantitative estimate of drug-likeness (QED) is 0.564. The molecule has 0 bridgehead atoms. The van der Waals surface area contributed by atoms with E-state index < -0.39 is 0 Å². The number of allylic oxidation sites excluding steroid dienone is 1. The zero-order valence-electron chi connectivity index (χ0n) is 9.06. The lowest BCUT2D eigenvalue weighted by Gasteiger charge is -2.17. The van der Waals surface area contributed by atoms with Crippen molar-refractivity contribution in [3.63, 3.8) is 0 Å². The van der Waals surface area contributed by atoms with Crippen molar-refractivity contribution in [1.29, 1.82) is 0 Å². The standard InChI is InChI=1S/C12H21N/c1-12(2,3)6-9-4-5-10-7-13-8-11(9)10/h6,10-11,13H,4-5,7-8H2,1-3H3/b9-6+. The average molecular weight is 179 g/mol. The lowest BCUT2D eigenvalue weighted by molar-refractivity contribution is 0.509. The summed E-state index contributed by atoms with van der Waals surface area (Å²) in [5.41, 5.74) is 2.09. The van der Waals surface area contributed by atoms with Crippen LogP contribution >= 0.6 is 0 Å². The SMILES string of the molecule is CC(C)(C)/C=C1\CCC2CNCC12. The van der Waals surface area contributed by atoms with Crippen LogP contribution in [0.3, 0.4) is 0 Å². The van der Waals surface area contributed by atoms with E-state index in [1.807, 2.05) is 0 Å². The Kier molecular flexibility index (Phi) is 2.23. The smallest absolute Gasteiger partial charge is 0.00201 e. The fourth-order valence-corrected chi connectivity index (χ4v) is 2.74. The predicted molar refractivity (Wildman–Crippen MR) is 56.6 cm³/mol. The van der Waals surface area contributed by atoms with E-state index in [0.717, 1.165) is 11.8 Å². The van der Waals surface area contributed by atoms with Crippen molar-refractivity contribution in [3.05, 3.63) is 11.6 Å². The van der Waals surface area contributed by atoms with E-state index >= 15 is 0 Å². The van der Waals surface area contributed by atoms with Crippen molar-refractivity contribution in [2.24, 2.45) is 17.3 Å². The molecule has 1 heteroatoms. The monoisotopic (exact) mass is 179 g/mol. The third-order valence-corrected chi connectivity index (χ3v) is 3.24. The molecule has 0 spiro atoms. The molecule has 1 aliphatic heterocycles. The minimum Gasteiger partial charge on any atom is -0.316 e. The van der Waals surface area contributed by atoms with Crippen molar-refractivity contribution in [2.75, 3.05) is 13.1 Å². The topological polar surface area (TPSA) is 12.0 Å². The number of fused-ring (bicyclic) bond motifs is 1. The first-order valence-electron chi connectivity index (χ1n) is 5.48. The Hall–Kier alpha value is -0.300. The highest BCUT2D eigenvalue weighted by Gasteiger charge is 2.35. The first kappa shape index (κ1) is 9.26. The molecule has 2 atom stereocenters. The van der Waals surface area contributed by atoms with Crippen molar-refractivity contribution >= 4 is 0 Å². The third-order valence-electron chi connectivity index (χ3n) is 3.24. The van der Waals surface area contributed by atoms with Crippen LogP contribution in [0, 0.1) is 17.3 Å². The molecule has 2 fully saturated rings. The number of hydrogen-bond donors (Lipinski definition) is 1. The maximum absolute atomic E-state index is 3.50. The summed E-state index contributed by atoms with van der Waals surface area (Å²) < 4.78 is 0. The summed E-state index contributed by atoms with van der Waals surface area (Å²) in [5.74, 6) is 1.83. The molecule has 0 amide bonds. The molecule has 2 rings (SSSR count). The summed E-state index contributed by atoms with van der Waals surface area (Å²) in [6.07, 6.45) is 5.28. The summed E-state index contributed by atoms with van der Waals surface area (Å²) in [5, 5.41) is 3.50. The molecule has 13 heavy (non-hydrogen) atoms. The molecule has 0 aromatic heterocycles. The highest BCUT2D eigenvalue weighted by Crippen LogP contribution is 2.40. The third kappa shape index (κ3) is 1.96. The minimum atomic E-state index is 0.368. The summed E-state index contributed by atoms with van der Waals surface area (Å²) in [7, 11) is 0. The summed E-state index contributed by atoms with van der Waals surface area (Å²) in [6, 6.07) is 0. The van der Waals surface area contributed by atoms with Gasteiger partial charge >= 0.3 is 0 Å². The summed E-state index contributed by atoms with van der Waals surface area (Å²) >= 11 is 0. The van der Waals surface area contributed by atoms with Crippen molar-refractivity contribution in [2.45, 2.75) is 33.6 Å². The van der Waals surface area contributed by atoms with Gasteiger partial charge in [0, 0.05) is 6.54 Å². The highest BCUT2D eigenvalue weighted by atomic mass is 14.9. The van der Waals surface area contributed by atoms with E-state index in [0.29, 0.717) is 5.41 Å². The average Bonchev–Trinajstić information content (AvgIpc) is 2.50. The summed E-state index contributed by atoms with van der Waals surface area (Å²) in [6.45, 7) is 9.39. The maximum atomic E-state index is 3.50. The molecule has 2 aliphatic rings. The molecule has 1 nitrogen and oxygen atoms in total. The predicted octanol–water partition coefficient (Wildman–Crippen LogP) is 2.59. The van der Waals surface area contributed by atoms with Gasteiger partial charge in [0.2, 0.25) is 0 Å². The summed E-state index contributed by atoms with van der Waals surface area (Å²) in [4.78, 5) is 0. The minimum absolute atomic E-state index is 0.368. The van der Waals surface area contributed by atoms with Crippen molar-refractivity contribution < 1.29 is 0 Å². The lowest BCUT2D eigenvalue weighted by atomic mass is 9.89. The maximum Gasteiger partial charge on any atom is 0.00201 e. The molecule has 1 saturated heterocycles. The van der Waals surface area contributed by atoms with Crippen LogP contribution in [-0.4, -0.2) is 13.1 Å². The Balaban J connectivity index is 2.13. The Labute approximate surface area is 81.6 Å². The first-order valence-corrected chi connectivity index (χ1v) is 5.48. The number of rotatable bonds is 0. The molecule has 0 aromatic rings. The fourth-order valence-electron chi connectivity index (χ4n) is 2.74. The van der Waals surface area contributed by atoms with E-state index in [4.69, 9.17) is 0 Å². The van der Waals surface area contributed by atoms with Crippen LogP contribution in [0.1, 0.15) is 33.6 Å². The Morgan fingerprint density at radius 2 is 2.08 bits per heavy atom. The van der Waals surface area contributed by atoms with E-state index in [-0.39, 0.29) is 0 Å². The second-order valence-corrected chi connectivity index (χ2v) is 5.65. The van der Waals surface area contributed by atoms with Gasteiger partial charge in [-0.3, -0.25) is 0 Å². The first-order chi connectivity index (χ1) is 6.06. The molecule has 2 unspecified atom stereocenters. The molecule has 1 saturated carbocycles. The van der Waals surface area contributed by atoms with Gasteiger partial charge in [-0.05, 0) is 36.6 Å². The van der Waals surface area contributed by atoms with Gasteiger partial charge in [0.05, 0.1) is 0 Å². The Morgan fingerprint density at radius 1 is 1.31 bits per heavy atom. The highest BCUT2D eigenvalue weighted by molar-refractivity contribution is 5.19. The van der Waals surface area contributed by atoms with E-state index in [9.17, 15) is 0 Å². The largest absolute Gasteiger partial charge is 0.316 e. The van der Waals surface area contributed by atoms with Crippen LogP contribution in [-0.2, 0) is 0 Å². The molecule has 0 aromatic carbocycles. The van der Waals surface area contributed by atoms with Crippen LogP contribution in [0.4, 0.5) is 0 Å². The Morgan fingerprint density at radius 3 is 2.77 bits per heavy atom. The lowest BCUT2D eigenvalue weighted by Crippen LogP contribution is -2.11. The van der Waals surface area contributed by atoms with Gasteiger partial charge in [-0.2, -0.15) is 0 Å². The molecule has 74 valence electrons. The molecule has 0 radical (unpaired) electrons. The number of hydrogen-bond acceptors (Lipinski definition) is 1. The van der Waals surface area contributed by atoms with Gasteiger partial charge in [-0.15, -0.1) is 0 Å². The van der Waals surface area contributed by atoms with E-state index in [1.165, 1.54) is 25.9 Å². The zero-order valence-corrected chi connectivity index (χ0v) is 9.06. The van der Waals surface area contributed by atoms with Crippen LogP contribution in [0.5, 0.6) is 0 Å². The van der Waals surface area contributed by atoms with Gasteiger partial charge in [-0.25, -0.2) is 0 Å². The molecular formula is C12H21N. The van der Waals surface area contributed by atoms with E-state index in [2.05, 4.69) is 32.2 Å². The van der Waals surface area contributed by atoms with Crippen LogP contribution < -0.4 is 5.32 Å². The Bertz CT molecular complexity index is 222. The van der Waals surface area contributed by atoms with Crippen LogP contribution in [0.25, 0.3) is 0 Å². The molecule has 1 N–H and O–H groups in total. The molecule has 1 aliphatic carbocycles. The normalized spacial score (nSPS) is 37.0. The molecular weight excluding hydrogens is 158 g/mol. The second-order valence-electron chi connectivity index (χ2n) is 5.65. The number of nitrogens with one attached hydrogen (secondary N) is 1. The van der Waals surface area contributed by atoms with Gasteiger partial charge in [0.1, 0.15) is 0 Å². The van der Waals surface area contributed by atoms with Crippen molar-refractivity contribution in [3.8, 4) is 0 Å². The van der Waals surface area contributed by atoms with Gasteiger partial charge in [0.25, 0.3) is 0 Å². The van der Waals surface area contributed by atoms with E-state index in [1.54, 1.807) is 5.57 Å². The zero-order chi connectivity index (χ0) is 9.47. The van der Waals surface area contributed by atoms with Crippen LogP contribution in [0.2, 0.25) is 0 Å². The fraction of sp³-hybridized carbons (Fsp3) is 0.833. The second kappa shape index (κ2) is 3.13.